The molecule has 1 fully saturated rings. The number of piperidine rings is 1. The Balaban J connectivity index is 2.48. The summed E-state index contributed by atoms with van der Waals surface area (Å²) in [6.45, 7) is 1.20. The second kappa shape index (κ2) is 4.16. The second-order valence-electron chi connectivity index (χ2n) is 3.45. The van der Waals surface area contributed by atoms with Crippen LogP contribution in [0.5, 0.6) is 0 Å². The standard InChI is InChI=1S/C8H13F3N2O/c1-6(14)12-7-3-2-4-13(5-7)8(9,10)11/h7H,2-5H2,1H3,(H,12,14)/t7-/m0/s1. The molecule has 0 spiro atoms. The Kier molecular flexibility index (Phi) is 3.36. The van der Waals surface area contributed by atoms with Gasteiger partial charge in [-0.05, 0) is 12.8 Å². The predicted octanol–water partition coefficient (Wildman–Crippen LogP) is 1.11. The lowest BCUT2D eigenvalue weighted by molar-refractivity contribution is -0.251. The van der Waals surface area contributed by atoms with E-state index in [4.69, 9.17) is 0 Å². The Bertz CT molecular complexity index is 217. The van der Waals surface area contributed by atoms with Gasteiger partial charge in [0.1, 0.15) is 0 Å². The van der Waals surface area contributed by atoms with Crippen LogP contribution in [0.1, 0.15) is 19.8 Å². The fourth-order valence-corrected chi connectivity index (χ4v) is 1.61. The molecule has 6 heteroatoms. The number of nitrogens with zero attached hydrogens (tertiary/aromatic N) is 1. The summed E-state index contributed by atoms with van der Waals surface area (Å²) < 4.78 is 36.8. The van der Waals surface area contributed by atoms with Crippen LogP contribution in [0.15, 0.2) is 0 Å². The fourth-order valence-electron chi connectivity index (χ4n) is 1.61. The maximum Gasteiger partial charge on any atom is 0.459 e. The molecule has 1 rings (SSSR count). The molecular weight excluding hydrogens is 197 g/mol. The summed E-state index contributed by atoms with van der Waals surface area (Å²) in [7, 11) is 0. The second-order valence-corrected chi connectivity index (χ2v) is 3.45. The molecule has 0 aromatic rings. The molecule has 1 atom stereocenters. The highest BCUT2D eigenvalue weighted by atomic mass is 19.4. The number of amides is 1. The van der Waals surface area contributed by atoms with Gasteiger partial charge < -0.3 is 5.32 Å². The molecule has 0 aliphatic carbocycles. The highest BCUT2D eigenvalue weighted by Crippen LogP contribution is 2.25. The number of alkyl halides is 3. The molecule has 0 radical (unpaired) electrons. The number of rotatable bonds is 1. The molecule has 3 nitrogen and oxygen atoms in total. The van der Waals surface area contributed by atoms with E-state index in [-0.39, 0.29) is 25.0 Å². The van der Waals surface area contributed by atoms with Crippen LogP contribution in [0.4, 0.5) is 13.2 Å². The van der Waals surface area contributed by atoms with Gasteiger partial charge in [0.25, 0.3) is 0 Å². The quantitative estimate of drug-likeness (QED) is 0.657. The van der Waals surface area contributed by atoms with E-state index in [0.29, 0.717) is 17.7 Å². The van der Waals surface area contributed by atoms with Crippen LogP contribution in [0.2, 0.25) is 0 Å². The Hall–Kier alpha value is -0.780. The molecule has 0 unspecified atom stereocenters. The molecule has 1 aliphatic rings. The number of carbonyl (C=O) groups is 1. The number of hydrogen-bond donors (Lipinski definition) is 1. The molecule has 1 heterocycles. The summed E-state index contributed by atoms with van der Waals surface area (Å²) in [4.78, 5) is 11.1. The lowest BCUT2D eigenvalue weighted by Crippen LogP contribution is -2.51. The lowest BCUT2D eigenvalue weighted by Gasteiger charge is -2.33. The van der Waals surface area contributed by atoms with Crippen LogP contribution >= 0.6 is 0 Å². The molecule has 14 heavy (non-hydrogen) atoms. The third kappa shape index (κ3) is 3.17. The van der Waals surface area contributed by atoms with Gasteiger partial charge in [-0.25, -0.2) is 4.90 Å². The molecule has 1 N–H and O–H groups in total. The SMILES string of the molecule is CC(=O)N[C@H]1CCCN(C(F)(F)F)C1. The van der Waals surface area contributed by atoms with E-state index in [1.54, 1.807) is 0 Å². The molecule has 1 aliphatic heterocycles. The van der Waals surface area contributed by atoms with Gasteiger partial charge in [0.15, 0.2) is 0 Å². The first-order chi connectivity index (χ1) is 6.39. The zero-order valence-electron chi connectivity index (χ0n) is 7.90. The Morgan fingerprint density at radius 3 is 2.64 bits per heavy atom. The Labute approximate surface area is 80.3 Å². The molecule has 0 saturated carbocycles. The number of halogens is 3. The average molecular weight is 210 g/mol. The first kappa shape index (κ1) is 11.3. The highest BCUT2D eigenvalue weighted by molar-refractivity contribution is 5.73. The molecule has 0 bridgehead atoms. The van der Waals surface area contributed by atoms with Crippen LogP contribution < -0.4 is 5.32 Å². The molecule has 1 saturated heterocycles. The van der Waals surface area contributed by atoms with E-state index in [1.165, 1.54) is 6.92 Å². The van der Waals surface area contributed by atoms with E-state index >= 15 is 0 Å². The highest BCUT2D eigenvalue weighted by Gasteiger charge is 2.39. The van der Waals surface area contributed by atoms with E-state index in [9.17, 15) is 18.0 Å². The smallest absolute Gasteiger partial charge is 0.352 e. The van der Waals surface area contributed by atoms with Crippen molar-refractivity contribution in [3.05, 3.63) is 0 Å². The molecule has 1 amide bonds. The largest absolute Gasteiger partial charge is 0.459 e. The van der Waals surface area contributed by atoms with Crippen molar-refractivity contribution < 1.29 is 18.0 Å². The van der Waals surface area contributed by atoms with Gasteiger partial charge in [-0.1, -0.05) is 0 Å². The topological polar surface area (TPSA) is 32.3 Å². The summed E-state index contributed by atoms with van der Waals surface area (Å²) in [5, 5.41) is 2.50. The molecule has 0 aromatic carbocycles. The van der Waals surface area contributed by atoms with Crippen molar-refractivity contribution in [3.63, 3.8) is 0 Å². The van der Waals surface area contributed by atoms with E-state index in [2.05, 4.69) is 5.32 Å². The van der Waals surface area contributed by atoms with Crippen molar-refractivity contribution in [1.29, 1.82) is 0 Å². The van der Waals surface area contributed by atoms with Crippen molar-refractivity contribution in [1.82, 2.24) is 10.2 Å². The first-order valence-corrected chi connectivity index (χ1v) is 4.48. The minimum absolute atomic E-state index is 0.0274. The summed E-state index contributed by atoms with van der Waals surface area (Å²) in [6.07, 6.45) is -3.20. The number of likely N-dealkylation sites (tertiary alicyclic amines) is 1. The fraction of sp³-hybridized carbons (Fsp3) is 0.875. The monoisotopic (exact) mass is 210 g/mol. The number of hydrogen-bond acceptors (Lipinski definition) is 2. The summed E-state index contributed by atoms with van der Waals surface area (Å²) in [6, 6.07) is -0.372. The van der Waals surface area contributed by atoms with Gasteiger partial charge in [-0.3, -0.25) is 4.79 Å². The minimum atomic E-state index is -4.28. The lowest BCUT2D eigenvalue weighted by atomic mass is 10.1. The van der Waals surface area contributed by atoms with Crippen molar-refractivity contribution in [2.24, 2.45) is 0 Å². The van der Waals surface area contributed by atoms with Crippen molar-refractivity contribution in [3.8, 4) is 0 Å². The van der Waals surface area contributed by atoms with Crippen LogP contribution in [0, 0.1) is 0 Å². The van der Waals surface area contributed by atoms with Gasteiger partial charge >= 0.3 is 6.30 Å². The van der Waals surface area contributed by atoms with Crippen LogP contribution in [-0.2, 0) is 4.79 Å². The Morgan fingerprint density at radius 1 is 1.50 bits per heavy atom. The summed E-state index contributed by atoms with van der Waals surface area (Å²) in [5.74, 6) is -0.279. The van der Waals surface area contributed by atoms with Crippen LogP contribution in [-0.4, -0.2) is 36.2 Å². The van der Waals surface area contributed by atoms with Crippen molar-refractivity contribution in [2.75, 3.05) is 13.1 Å². The van der Waals surface area contributed by atoms with E-state index in [0.717, 1.165) is 0 Å². The molecule has 82 valence electrons. The zero-order chi connectivity index (χ0) is 10.8. The number of carbonyl (C=O) groups excluding carboxylic acids is 1. The predicted molar refractivity (Wildman–Crippen MR) is 44.5 cm³/mol. The van der Waals surface area contributed by atoms with Crippen molar-refractivity contribution >= 4 is 5.91 Å². The van der Waals surface area contributed by atoms with E-state index < -0.39 is 6.30 Å². The zero-order valence-corrected chi connectivity index (χ0v) is 7.90. The maximum absolute atomic E-state index is 12.3. The maximum atomic E-state index is 12.3. The van der Waals surface area contributed by atoms with E-state index in [1.807, 2.05) is 0 Å². The third-order valence-corrected chi connectivity index (χ3v) is 2.19. The van der Waals surface area contributed by atoms with Crippen LogP contribution in [0.3, 0.4) is 0 Å². The van der Waals surface area contributed by atoms with Crippen molar-refractivity contribution in [2.45, 2.75) is 32.1 Å². The third-order valence-electron chi connectivity index (χ3n) is 2.19. The van der Waals surface area contributed by atoms with Gasteiger partial charge in [0.05, 0.1) is 0 Å². The average Bonchev–Trinajstić information content (AvgIpc) is 2.01. The molecule has 0 aromatic heterocycles. The van der Waals surface area contributed by atoms with Gasteiger partial charge in [0, 0.05) is 26.1 Å². The Morgan fingerprint density at radius 2 is 2.14 bits per heavy atom. The minimum Gasteiger partial charge on any atom is -0.352 e. The molecular formula is C8H13F3N2O. The van der Waals surface area contributed by atoms with Gasteiger partial charge in [0.2, 0.25) is 5.91 Å². The van der Waals surface area contributed by atoms with Gasteiger partial charge in [-0.2, -0.15) is 13.2 Å². The normalized spacial score (nSPS) is 24.7. The summed E-state index contributed by atoms with van der Waals surface area (Å²) >= 11 is 0. The summed E-state index contributed by atoms with van der Waals surface area (Å²) in [5.41, 5.74) is 0. The van der Waals surface area contributed by atoms with Gasteiger partial charge in [-0.15, -0.1) is 0 Å². The number of nitrogens with one attached hydrogen (secondary N) is 1. The first-order valence-electron chi connectivity index (χ1n) is 4.48. The van der Waals surface area contributed by atoms with Crippen LogP contribution in [0.25, 0.3) is 0 Å².